The summed E-state index contributed by atoms with van der Waals surface area (Å²) in [4.78, 5) is 4.89. The molecule has 118 valence electrons. The van der Waals surface area contributed by atoms with Crippen LogP contribution in [0.5, 0.6) is 0 Å². The summed E-state index contributed by atoms with van der Waals surface area (Å²) in [5, 5.41) is 0. The molecular weight excluding hydrogens is 280 g/mol. The predicted octanol–water partition coefficient (Wildman–Crippen LogP) is 5.78. The minimum atomic E-state index is 0.995. The normalized spacial score (nSPS) is 15.0. The largest absolute Gasteiger partial charge is 0.297 e. The van der Waals surface area contributed by atoms with Gasteiger partial charge in [0.25, 0.3) is 0 Å². The Kier molecular flexibility index (Phi) is 4.61. The molecule has 0 atom stereocenters. The van der Waals surface area contributed by atoms with Gasteiger partial charge in [-0.1, -0.05) is 54.1 Å². The molecule has 2 heteroatoms. The van der Waals surface area contributed by atoms with Gasteiger partial charge in [-0.15, -0.1) is 0 Å². The molecule has 0 radical (unpaired) electrons. The van der Waals surface area contributed by atoms with Gasteiger partial charge in [-0.05, 0) is 46.1 Å². The highest BCUT2D eigenvalue weighted by molar-refractivity contribution is 5.69. The van der Waals surface area contributed by atoms with Crippen LogP contribution in [0.3, 0.4) is 0 Å². The van der Waals surface area contributed by atoms with Crippen LogP contribution in [0.4, 0.5) is 0 Å². The third-order valence-electron chi connectivity index (χ3n) is 4.24. The van der Waals surface area contributed by atoms with Crippen molar-refractivity contribution in [2.45, 2.75) is 40.0 Å². The molecule has 3 rings (SSSR count). The maximum atomic E-state index is 4.89. The van der Waals surface area contributed by atoms with Crippen molar-refractivity contribution in [1.82, 2.24) is 9.55 Å². The van der Waals surface area contributed by atoms with E-state index in [4.69, 9.17) is 4.98 Å². The summed E-state index contributed by atoms with van der Waals surface area (Å²) in [5.41, 5.74) is 6.06. The van der Waals surface area contributed by atoms with Crippen molar-refractivity contribution in [3.05, 3.63) is 65.5 Å². The Labute approximate surface area is 138 Å². The molecular formula is C21H24N2. The number of benzene rings is 1. The lowest BCUT2D eigenvalue weighted by Crippen LogP contribution is -2.02. The highest BCUT2D eigenvalue weighted by Crippen LogP contribution is 2.30. The average Bonchev–Trinajstić information content (AvgIpc) is 2.74. The first-order chi connectivity index (χ1) is 11.2. The van der Waals surface area contributed by atoms with Gasteiger partial charge >= 0.3 is 0 Å². The zero-order valence-corrected chi connectivity index (χ0v) is 14.2. The van der Waals surface area contributed by atoms with Crippen LogP contribution in [-0.2, 0) is 0 Å². The quantitative estimate of drug-likeness (QED) is 0.657. The second kappa shape index (κ2) is 6.82. The Hall–Kier alpha value is -2.35. The summed E-state index contributed by atoms with van der Waals surface area (Å²) < 4.78 is 2.34. The molecule has 0 unspecified atom stereocenters. The summed E-state index contributed by atoms with van der Waals surface area (Å²) in [6, 6.07) is 8.65. The van der Waals surface area contributed by atoms with Gasteiger partial charge in [-0.25, -0.2) is 4.98 Å². The van der Waals surface area contributed by atoms with Crippen LogP contribution in [-0.4, -0.2) is 9.55 Å². The highest BCUT2D eigenvalue weighted by Gasteiger charge is 2.17. The lowest BCUT2D eigenvalue weighted by atomic mass is 10.1. The van der Waals surface area contributed by atoms with Gasteiger partial charge in [0.2, 0.25) is 0 Å². The van der Waals surface area contributed by atoms with Crippen LogP contribution in [0.25, 0.3) is 23.2 Å². The Morgan fingerprint density at radius 3 is 2.61 bits per heavy atom. The van der Waals surface area contributed by atoms with Gasteiger partial charge in [-0.3, -0.25) is 4.57 Å². The molecule has 2 nitrogen and oxygen atoms in total. The summed E-state index contributed by atoms with van der Waals surface area (Å²) in [6.07, 6.45) is 14.2. The molecule has 1 aromatic heterocycles. The van der Waals surface area contributed by atoms with Gasteiger partial charge in [0.1, 0.15) is 5.82 Å². The van der Waals surface area contributed by atoms with E-state index in [-0.39, 0.29) is 0 Å². The summed E-state index contributed by atoms with van der Waals surface area (Å²) in [5.74, 6) is 1.05. The van der Waals surface area contributed by atoms with E-state index in [0.717, 1.165) is 30.8 Å². The molecule has 1 aliphatic rings. The Bertz CT molecular complexity index is 771. The van der Waals surface area contributed by atoms with Gasteiger partial charge in [0.05, 0.1) is 11.4 Å². The molecule has 0 amide bonds. The second-order valence-corrected chi connectivity index (χ2v) is 6.05. The van der Waals surface area contributed by atoms with Gasteiger partial charge in [0.15, 0.2) is 0 Å². The molecule has 1 heterocycles. The van der Waals surface area contributed by atoms with Crippen LogP contribution in [0.15, 0.2) is 48.6 Å². The maximum Gasteiger partial charge on any atom is 0.145 e. The van der Waals surface area contributed by atoms with Crippen LogP contribution in [0.1, 0.15) is 43.1 Å². The molecule has 0 aliphatic heterocycles. The zero-order chi connectivity index (χ0) is 16.2. The number of hydrogen-bond acceptors (Lipinski definition) is 1. The van der Waals surface area contributed by atoms with E-state index >= 15 is 0 Å². The third kappa shape index (κ3) is 3.21. The van der Waals surface area contributed by atoms with E-state index in [1.807, 2.05) is 0 Å². The first-order valence-corrected chi connectivity index (χ1v) is 8.34. The topological polar surface area (TPSA) is 17.8 Å². The highest BCUT2D eigenvalue weighted by atomic mass is 15.1. The van der Waals surface area contributed by atoms with E-state index in [9.17, 15) is 0 Å². The van der Waals surface area contributed by atoms with Crippen LogP contribution in [0.2, 0.25) is 0 Å². The fourth-order valence-electron chi connectivity index (χ4n) is 3.04. The minimum Gasteiger partial charge on any atom is -0.297 e. The van der Waals surface area contributed by atoms with E-state index in [2.05, 4.69) is 80.0 Å². The van der Waals surface area contributed by atoms with E-state index in [1.165, 1.54) is 22.5 Å². The number of allylic oxidation sites excluding steroid dienone is 5. The third-order valence-corrected chi connectivity index (χ3v) is 4.24. The van der Waals surface area contributed by atoms with Crippen molar-refractivity contribution in [2.75, 3.05) is 0 Å². The van der Waals surface area contributed by atoms with Crippen molar-refractivity contribution >= 4 is 11.8 Å². The Balaban J connectivity index is 2.17. The summed E-state index contributed by atoms with van der Waals surface area (Å²) in [7, 11) is 0. The molecule has 0 saturated heterocycles. The van der Waals surface area contributed by atoms with Crippen molar-refractivity contribution in [3.63, 3.8) is 0 Å². The predicted molar refractivity (Wildman–Crippen MR) is 99.1 cm³/mol. The molecule has 23 heavy (non-hydrogen) atoms. The Morgan fingerprint density at radius 2 is 1.87 bits per heavy atom. The first kappa shape index (κ1) is 15.5. The molecule has 0 spiro atoms. The number of imidazole rings is 1. The molecule has 1 aliphatic carbocycles. The Morgan fingerprint density at radius 1 is 1.09 bits per heavy atom. The van der Waals surface area contributed by atoms with Crippen LogP contribution >= 0.6 is 0 Å². The lowest BCUT2D eigenvalue weighted by molar-refractivity contribution is 0.952. The SMILES string of the molecule is C/C=C\c1c(C)nc(-c2ccc(C)cc2)n1C1=CCC=CCC1. The summed E-state index contributed by atoms with van der Waals surface area (Å²) >= 11 is 0. The van der Waals surface area contributed by atoms with Gasteiger partial charge in [-0.2, -0.15) is 0 Å². The van der Waals surface area contributed by atoms with E-state index in [0.29, 0.717) is 0 Å². The smallest absolute Gasteiger partial charge is 0.145 e. The number of hydrogen-bond donors (Lipinski definition) is 0. The average molecular weight is 304 g/mol. The molecule has 2 aromatic rings. The standard InChI is InChI=1S/C21H24N2/c1-4-9-20-17(3)22-21(18-14-12-16(2)13-15-18)23(20)19-10-7-5-6-8-11-19/h4-6,9-10,12-15H,7-8,11H2,1-3H3/b9-4-. The first-order valence-electron chi connectivity index (χ1n) is 8.34. The van der Waals surface area contributed by atoms with Gasteiger partial charge in [0, 0.05) is 11.3 Å². The zero-order valence-electron chi connectivity index (χ0n) is 14.2. The minimum absolute atomic E-state index is 0.995. The molecule has 0 bridgehead atoms. The van der Waals surface area contributed by atoms with Crippen molar-refractivity contribution in [1.29, 1.82) is 0 Å². The molecule has 0 fully saturated rings. The molecule has 0 N–H and O–H groups in total. The van der Waals surface area contributed by atoms with Crippen molar-refractivity contribution in [2.24, 2.45) is 0 Å². The summed E-state index contributed by atoms with van der Waals surface area (Å²) in [6.45, 7) is 6.27. The van der Waals surface area contributed by atoms with Crippen LogP contribution in [0, 0.1) is 13.8 Å². The lowest BCUT2D eigenvalue weighted by Gasteiger charge is -2.14. The number of aromatic nitrogens is 2. The monoisotopic (exact) mass is 304 g/mol. The number of nitrogens with zero attached hydrogens (tertiary/aromatic N) is 2. The fraction of sp³-hybridized carbons (Fsp3) is 0.286. The number of aryl methyl sites for hydroxylation is 2. The fourth-order valence-corrected chi connectivity index (χ4v) is 3.04. The number of rotatable bonds is 3. The molecule has 0 saturated carbocycles. The van der Waals surface area contributed by atoms with E-state index < -0.39 is 0 Å². The van der Waals surface area contributed by atoms with Gasteiger partial charge < -0.3 is 0 Å². The maximum absolute atomic E-state index is 4.89. The van der Waals surface area contributed by atoms with Crippen LogP contribution < -0.4 is 0 Å². The molecule has 1 aromatic carbocycles. The van der Waals surface area contributed by atoms with Crippen molar-refractivity contribution < 1.29 is 0 Å². The van der Waals surface area contributed by atoms with E-state index in [1.54, 1.807) is 0 Å². The second-order valence-electron chi connectivity index (χ2n) is 6.05. The van der Waals surface area contributed by atoms with Crippen molar-refractivity contribution in [3.8, 4) is 11.4 Å².